The summed E-state index contributed by atoms with van der Waals surface area (Å²) in [5, 5.41) is 0. The van der Waals surface area contributed by atoms with E-state index in [1.54, 1.807) is 0 Å². The van der Waals surface area contributed by atoms with Gasteiger partial charge in [0.15, 0.2) is 5.78 Å². The van der Waals surface area contributed by atoms with E-state index in [-0.39, 0.29) is 12.1 Å². The molecule has 0 N–H and O–H groups in total. The molecule has 0 amide bonds. The van der Waals surface area contributed by atoms with Gasteiger partial charge >= 0.3 is 0 Å². The second-order valence-corrected chi connectivity index (χ2v) is 5.24. The van der Waals surface area contributed by atoms with Crippen LogP contribution >= 0.6 is 0 Å². The fourth-order valence-corrected chi connectivity index (χ4v) is 2.97. The van der Waals surface area contributed by atoms with Gasteiger partial charge in [-0.15, -0.1) is 0 Å². The van der Waals surface area contributed by atoms with Gasteiger partial charge in [0.25, 0.3) is 0 Å². The van der Waals surface area contributed by atoms with Crippen LogP contribution in [0.15, 0.2) is 0 Å². The van der Waals surface area contributed by atoms with Crippen LogP contribution in [-0.2, 0) is 4.79 Å². The third kappa shape index (κ3) is 2.46. The first-order valence-electron chi connectivity index (χ1n) is 6.72. The van der Waals surface area contributed by atoms with Crippen LogP contribution in [0.1, 0.15) is 39.5 Å². The quantitative estimate of drug-likeness (QED) is 0.723. The average molecular weight is 224 g/mol. The van der Waals surface area contributed by atoms with Crippen molar-refractivity contribution >= 4 is 5.78 Å². The van der Waals surface area contributed by atoms with Gasteiger partial charge in [0.05, 0.1) is 12.1 Å². The van der Waals surface area contributed by atoms with Gasteiger partial charge in [-0.1, -0.05) is 0 Å². The SMILES string of the molecule is CC(C(=O)C(C)N1CCCC1)N1CCCC1. The number of nitrogens with zero attached hydrogens (tertiary/aromatic N) is 2. The lowest BCUT2D eigenvalue weighted by molar-refractivity contribution is -0.127. The summed E-state index contributed by atoms with van der Waals surface area (Å²) in [5.41, 5.74) is 0. The molecule has 0 radical (unpaired) electrons. The van der Waals surface area contributed by atoms with Gasteiger partial charge in [0, 0.05) is 0 Å². The van der Waals surface area contributed by atoms with Crippen molar-refractivity contribution in [3.8, 4) is 0 Å². The van der Waals surface area contributed by atoms with Crippen LogP contribution in [0.2, 0.25) is 0 Å². The number of hydrogen-bond acceptors (Lipinski definition) is 3. The van der Waals surface area contributed by atoms with Crippen molar-refractivity contribution in [2.24, 2.45) is 0 Å². The molecule has 16 heavy (non-hydrogen) atoms. The monoisotopic (exact) mass is 224 g/mol. The number of carbonyl (C=O) groups excluding carboxylic acids is 1. The summed E-state index contributed by atoms with van der Waals surface area (Å²) in [6.45, 7) is 8.61. The summed E-state index contributed by atoms with van der Waals surface area (Å²) >= 11 is 0. The Labute approximate surface area is 98.8 Å². The van der Waals surface area contributed by atoms with E-state index in [4.69, 9.17) is 0 Å². The highest BCUT2D eigenvalue weighted by atomic mass is 16.1. The minimum atomic E-state index is 0.123. The minimum Gasteiger partial charge on any atom is -0.296 e. The molecule has 2 rings (SSSR count). The molecule has 3 heteroatoms. The molecule has 2 saturated heterocycles. The summed E-state index contributed by atoms with van der Waals surface area (Å²) in [5.74, 6) is 0.420. The number of ketones is 1. The second kappa shape index (κ2) is 5.28. The van der Waals surface area contributed by atoms with E-state index >= 15 is 0 Å². The largest absolute Gasteiger partial charge is 0.296 e. The van der Waals surface area contributed by atoms with E-state index in [0.29, 0.717) is 5.78 Å². The standard InChI is InChI=1S/C13H24N2O/c1-11(14-7-3-4-8-14)13(16)12(2)15-9-5-6-10-15/h11-12H,3-10H2,1-2H3. The highest BCUT2D eigenvalue weighted by molar-refractivity contribution is 5.88. The summed E-state index contributed by atoms with van der Waals surface area (Å²) < 4.78 is 0. The molecule has 0 aromatic carbocycles. The molecular weight excluding hydrogens is 200 g/mol. The first kappa shape index (κ1) is 12.1. The number of hydrogen-bond donors (Lipinski definition) is 0. The molecule has 2 unspecified atom stereocenters. The van der Waals surface area contributed by atoms with Gasteiger partial charge in [0.2, 0.25) is 0 Å². The van der Waals surface area contributed by atoms with Crippen LogP contribution in [0, 0.1) is 0 Å². The average Bonchev–Trinajstić information content (AvgIpc) is 2.97. The van der Waals surface area contributed by atoms with Crippen molar-refractivity contribution in [1.82, 2.24) is 9.80 Å². The summed E-state index contributed by atoms with van der Waals surface area (Å²) in [6.07, 6.45) is 5.04. The Balaban J connectivity index is 1.89. The third-order valence-electron chi connectivity index (χ3n) is 4.20. The first-order valence-corrected chi connectivity index (χ1v) is 6.72. The van der Waals surface area contributed by atoms with E-state index < -0.39 is 0 Å². The minimum absolute atomic E-state index is 0.123. The van der Waals surface area contributed by atoms with Gasteiger partial charge in [-0.2, -0.15) is 0 Å². The van der Waals surface area contributed by atoms with Gasteiger partial charge in [-0.05, 0) is 65.7 Å². The summed E-state index contributed by atoms with van der Waals surface area (Å²) in [7, 11) is 0. The number of Topliss-reactive ketones (excluding diaryl/α,β-unsaturated/α-hetero) is 1. The van der Waals surface area contributed by atoms with Gasteiger partial charge in [-0.3, -0.25) is 14.6 Å². The number of rotatable bonds is 4. The molecule has 0 aromatic heterocycles. The van der Waals surface area contributed by atoms with Crippen molar-refractivity contribution < 1.29 is 4.79 Å². The van der Waals surface area contributed by atoms with Crippen LogP contribution in [0.4, 0.5) is 0 Å². The maximum absolute atomic E-state index is 12.3. The fourth-order valence-electron chi connectivity index (χ4n) is 2.97. The van der Waals surface area contributed by atoms with Crippen molar-refractivity contribution in [3.63, 3.8) is 0 Å². The highest BCUT2D eigenvalue weighted by Gasteiger charge is 2.31. The number of likely N-dealkylation sites (tertiary alicyclic amines) is 2. The molecule has 0 bridgehead atoms. The fraction of sp³-hybridized carbons (Fsp3) is 0.923. The second-order valence-electron chi connectivity index (χ2n) is 5.24. The first-order chi connectivity index (χ1) is 7.70. The molecular formula is C13H24N2O. The lowest BCUT2D eigenvalue weighted by Crippen LogP contribution is -2.47. The predicted molar refractivity (Wildman–Crippen MR) is 65.5 cm³/mol. The molecule has 3 nitrogen and oxygen atoms in total. The summed E-state index contributed by atoms with van der Waals surface area (Å²) in [4.78, 5) is 17.0. The van der Waals surface area contributed by atoms with Crippen molar-refractivity contribution in [2.75, 3.05) is 26.2 Å². The maximum atomic E-state index is 12.3. The van der Waals surface area contributed by atoms with Crippen molar-refractivity contribution in [3.05, 3.63) is 0 Å². The molecule has 2 aliphatic heterocycles. The molecule has 2 aliphatic rings. The van der Waals surface area contributed by atoms with E-state index in [0.717, 1.165) is 26.2 Å². The molecule has 2 fully saturated rings. The van der Waals surface area contributed by atoms with Crippen molar-refractivity contribution in [1.29, 1.82) is 0 Å². The molecule has 0 aliphatic carbocycles. The zero-order chi connectivity index (χ0) is 11.5. The van der Waals surface area contributed by atoms with Gasteiger partial charge in [-0.25, -0.2) is 0 Å². The zero-order valence-electron chi connectivity index (χ0n) is 10.6. The van der Waals surface area contributed by atoms with Gasteiger partial charge in [0.1, 0.15) is 0 Å². The van der Waals surface area contributed by atoms with Crippen LogP contribution in [0.5, 0.6) is 0 Å². The molecule has 0 saturated carbocycles. The Bertz CT molecular complexity index is 218. The lowest BCUT2D eigenvalue weighted by Gasteiger charge is -2.29. The van der Waals surface area contributed by atoms with Crippen LogP contribution in [0.25, 0.3) is 0 Å². The molecule has 0 spiro atoms. The van der Waals surface area contributed by atoms with Crippen LogP contribution in [-0.4, -0.2) is 53.8 Å². The summed E-state index contributed by atoms with van der Waals surface area (Å²) in [6, 6.07) is 0.246. The van der Waals surface area contributed by atoms with E-state index in [9.17, 15) is 4.79 Å². The molecule has 0 aromatic rings. The van der Waals surface area contributed by atoms with E-state index in [2.05, 4.69) is 23.6 Å². The van der Waals surface area contributed by atoms with E-state index in [1.807, 2.05) is 0 Å². The molecule has 2 heterocycles. The normalized spacial score (nSPS) is 27.1. The van der Waals surface area contributed by atoms with Crippen LogP contribution in [0.3, 0.4) is 0 Å². The smallest absolute Gasteiger partial charge is 0.166 e. The van der Waals surface area contributed by atoms with Gasteiger partial charge < -0.3 is 0 Å². The van der Waals surface area contributed by atoms with Crippen LogP contribution < -0.4 is 0 Å². The topological polar surface area (TPSA) is 23.6 Å². The molecule has 2 atom stereocenters. The maximum Gasteiger partial charge on any atom is 0.166 e. The highest BCUT2D eigenvalue weighted by Crippen LogP contribution is 2.17. The third-order valence-corrected chi connectivity index (χ3v) is 4.20. The zero-order valence-corrected chi connectivity index (χ0v) is 10.6. The molecule has 92 valence electrons. The Kier molecular flexibility index (Phi) is 3.98. The lowest BCUT2D eigenvalue weighted by atomic mass is 10.1. The van der Waals surface area contributed by atoms with Crippen molar-refractivity contribution in [2.45, 2.75) is 51.6 Å². The Morgan fingerprint density at radius 1 is 0.812 bits per heavy atom. The predicted octanol–water partition coefficient (Wildman–Crippen LogP) is 1.52. The Morgan fingerprint density at radius 2 is 1.12 bits per heavy atom. The Morgan fingerprint density at radius 3 is 1.44 bits per heavy atom. The number of carbonyl (C=O) groups is 1. The van der Waals surface area contributed by atoms with E-state index in [1.165, 1.54) is 25.7 Å². The Hall–Kier alpha value is -0.410.